The fourth-order valence-electron chi connectivity index (χ4n) is 3.63. The molecular weight excluding hydrogens is 339 g/mol. The number of carboxylic acid groups (broad SMARTS) is 1. The summed E-state index contributed by atoms with van der Waals surface area (Å²) in [6, 6.07) is 0.184. The minimum absolute atomic E-state index is 0.0702. The number of carboxylic acids is 1. The van der Waals surface area contributed by atoms with Gasteiger partial charge in [0.05, 0.1) is 5.39 Å². The predicted molar refractivity (Wildman–Crippen MR) is 95.6 cm³/mol. The molecule has 0 aromatic carbocycles. The van der Waals surface area contributed by atoms with Crippen molar-refractivity contribution in [1.82, 2.24) is 14.9 Å². The first-order valence-electron chi connectivity index (χ1n) is 8.85. The Morgan fingerprint density at radius 2 is 2.15 bits per heavy atom. The summed E-state index contributed by atoms with van der Waals surface area (Å²) in [4.78, 5) is 30.6. The number of anilines is 1. The maximum absolute atomic E-state index is 15.1. The average molecular weight is 360 g/mol. The van der Waals surface area contributed by atoms with Crippen LogP contribution in [0, 0.1) is 12.7 Å². The zero-order valence-corrected chi connectivity index (χ0v) is 14.8. The number of aromatic nitrogens is 2. The van der Waals surface area contributed by atoms with Crippen LogP contribution in [0.4, 0.5) is 10.2 Å². The molecule has 2 fully saturated rings. The van der Waals surface area contributed by atoms with E-state index in [0.717, 1.165) is 25.9 Å². The second-order valence-electron chi connectivity index (χ2n) is 7.14. The fourth-order valence-corrected chi connectivity index (χ4v) is 3.63. The lowest BCUT2D eigenvalue weighted by molar-refractivity contribution is 0.0695. The highest BCUT2D eigenvalue weighted by Gasteiger charge is 2.31. The minimum atomic E-state index is -1.30. The molecule has 2 N–H and O–H groups in total. The van der Waals surface area contributed by atoms with Crippen LogP contribution >= 0.6 is 0 Å². The zero-order chi connectivity index (χ0) is 18.6. The first kappa shape index (κ1) is 17.0. The number of halogens is 1. The normalized spacial score (nSPS) is 20.6. The number of aromatic carboxylic acids is 1. The zero-order valence-electron chi connectivity index (χ0n) is 14.8. The van der Waals surface area contributed by atoms with Gasteiger partial charge < -0.3 is 19.9 Å². The van der Waals surface area contributed by atoms with Crippen LogP contribution in [0.25, 0.3) is 11.0 Å². The van der Waals surface area contributed by atoms with Gasteiger partial charge >= 0.3 is 5.97 Å². The summed E-state index contributed by atoms with van der Waals surface area (Å²) in [7, 11) is 0. The molecule has 1 atom stereocenters. The molecule has 4 rings (SSSR count). The standard InChI is InChI=1S/C18H21FN4O3/c1-9-7-20-5-6-22(9)17-14(19)10(2)13-15(24)12(18(25)26)8-23(11-3-4-11)16(13)21-17/h8-9,11,20H,3-7H2,1-2H3,(H,25,26)/t9-/m0/s1. The number of pyridine rings is 2. The molecule has 138 valence electrons. The third-order valence-corrected chi connectivity index (χ3v) is 5.26. The van der Waals surface area contributed by atoms with Gasteiger partial charge in [0.1, 0.15) is 11.2 Å². The molecule has 1 saturated carbocycles. The molecule has 2 aromatic rings. The van der Waals surface area contributed by atoms with Gasteiger partial charge in [-0.1, -0.05) is 0 Å². The summed E-state index contributed by atoms with van der Waals surface area (Å²) in [5, 5.41) is 12.7. The first-order chi connectivity index (χ1) is 12.4. The van der Waals surface area contributed by atoms with Crippen LogP contribution < -0.4 is 15.6 Å². The summed E-state index contributed by atoms with van der Waals surface area (Å²) in [5.41, 5.74) is -0.467. The number of fused-ring (bicyclic) bond motifs is 1. The molecule has 0 spiro atoms. The molecule has 26 heavy (non-hydrogen) atoms. The Morgan fingerprint density at radius 1 is 1.42 bits per heavy atom. The Kier molecular flexibility index (Phi) is 3.95. The lowest BCUT2D eigenvalue weighted by Crippen LogP contribution is -2.50. The van der Waals surface area contributed by atoms with E-state index in [0.29, 0.717) is 12.2 Å². The van der Waals surface area contributed by atoms with Gasteiger partial charge in [-0.05, 0) is 26.7 Å². The van der Waals surface area contributed by atoms with Gasteiger partial charge in [0.2, 0.25) is 5.43 Å². The van der Waals surface area contributed by atoms with Gasteiger partial charge in [0, 0.05) is 43.5 Å². The van der Waals surface area contributed by atoms with E-state index in [-0.39, 0.29) is 34.4 Å². The van der Waals surface area contributed by atoms with E-state index in [4.69, 9.17) is 0 Å². The highest BCUT2D eigenvalue weighted by molar-refractivity contribution is 5.93. The molecule has 0 bridgehead atoms. The number of rotatable bonds is 3. The number of nitrogens with zero attached hydrogens (tertiary/aromatic N) is 3. The summed E-state index contributed by atoms with van der Waals surface area (Å²) in [6.07, 6.45) is 3.16. The maximum Gasteiger partial charge on any atom is 0.341 e. The highest BCUT2D eigenvalue weighted by Crippen LogP contribution is 2.38. The van der Waals surface area contributed by atoms with E-state index in [1.54, 1.807) is 4.57 Å². The van der Waals surface area contributed by atoms with E-state index in [2.05, 4.69) is 10.3 Å². The van der Waals surface area contributed by atoms with Crippen molar-refractivity contribution in [3.05, 3.63) is 33.4 Å². The van der Waals surface area contributed by atoms with Crippen molar-refractivity contribution in [3.8, 4) is 0 Å². The lowest BCUT2D eigenvalue weighted by Gasteiger charge is -2.35. The molecule has 0 radical (unpaired) electrons. The highest BCUT2D eigenvalue weighted by atomic mass is 19.1. The van der Waals surface area contributed by atoms with Gasteiger partial charge in [-0.3, -0.25) is 4.79 Å². The van der Waals surface area contributed by atoms with Crippen molar-refractivity contribution in [1.29, 1.82) is 0 Å². The molecule has 0 unspecified atom stereocenters. The number of carbonyl (C=O) groups is 1. The van der Waals surface area contributed by atoms with Crippen molar-refractivity contribution in [2.45, 2.75) is 38.8 Å². The average Bonchev–Trinajstić information content (AvgIpc) is 3.43. The Morgan fingerprint density at radius 3 is 2.77 bits per heavy atom. The first-order valence-corrected chi connectivity index (χ1v) is 8.85. The van der Waals surface area contributed by atoms with Crippen LogP contribution in [0.2, 0.25) is 0 Å². The van der Waals surface area contributed by atoms with Crippen molar-refractivity contribution in [2.24, 2.45) is 0 Å². The van der Waals surface area contributed by atoms with Crippen molar-refractivity contribution in [2.75, 3.05) is 24.5 Å². The third-order valence-electron chi connectivity index (χ3n) is 5.26. The lowest BCUT2D eigenvalue weighted by atomic mass is 10.1. The van der Waals surface area contributed by atoms with Gasteiger partial charge in [-0.25, -0.2) is 14.2 Å². The number of piperazine rings is 1. The minimum Gasteiger partial charge on any atom is -0.477 e. The van der Waals surface area contributed by atoms with Crippen LogP contribution in [-0.4, -0.2) is 46.3 Å². The van der Waals surface area contributed by atoms with E-state index >= 15 is 4.39 Å². The van der Waals surface area contributed by atoms with Crippen LogP contribution in [0.5, 0.6) is 0 Å². The maximum atomic E-state index is 15.1. The molecule has 1 aliphatic carbocycles. The van der Waals surface area contributed by atoms with E-state index in [1.807, 2.05) is 11.8 Å². The quantitative estimate of drug-likeness (QED) is 0.866. The predicted octanol–water partition coefficient (Wildman–Crippen LogP) is 1.68. The summed E-state index contributed by atoms with van der Waals surface area (Å²) >= 11 is 0. The smallest absolute Gasteiger partial charge is 0.341 e. The summed E-state index contributed by atoms with van der Waals surface area (Å²) in [6.45, 7) is 5.60. The van der Waals surface area contributed by atoms with E-state index in [9.17, 15) is 14.7 Å². The Labute approximate surface area is 149 Å². The topological polar surface area (TPSA) is 87.5 Å². The van der Waals surface area contributed by atoms with E-state index < -0.39 is 17.2 Å². The van der Waals surface area contributed by atoms with Gasteiger partial charge in [-0.15, -0.1) is 0 Å². The Balaban J connectivity index is 2.02. The third kappa shape index (κ3) is 2.56. The number of hydrogen-bond donors (Lipinski definition) is 2. The van der Waals surface area contributed by atoms with Gasteiger partial charge in [0.15, 0.2) is 11.6 Å². The van der Waals surface area contributed by atoms with Gasteiger partial charge in [0.25, 0.3) is 0 Å². The summed E-state index contributed by atoms with van der Waals surface area (Å²) < 4.78 is 16.9. The van der Waals surface area contributed by atoms with Crippen LogP contribution in [0.15, 0.2) is 11.0 Å². The second kappa shape index (κ2) is 6.05. The SMILES string of the molecule is Cc1c(F)c(N2CCNC[C@@H]2C)nc2c1c(=O)c(C(=O)O)cn2C1CC1. The number of aryl methyl sites for hydroxylation is 1. The van der Waals surface area contributed by atoms with E-state index in [1.165, 1.54) is 13.1 Å². The molecule has 8 heteroatoms. The fraction of sp³-hybridized carbons (Fsp3) is 0.500. The monoisotopic (exact) mass is 360 g/mol. The van der Waals surface area contributed by atoms with Crippen molar-refractivity contribution < 1.29 is 14.3 Å². The second-order valence-corrected chi connectivity index (χ2v) is 7.14. The molecular formula is C18H21FN4O3. The molecule has 0 amide bonds. The van der Waals surface area contributed by atoms with Crippen LogP contribution in [0.3, 0.4) is 0 Å². The molecule has 1 saturated heterocycles. The van der Waals surface area contributed by atoms with Crippen molar-refractivity contribution >= 4 is 22.8 Å². The Hall–Kier alpha value is -2.48. The molecule has 3 heterocycles. The van der Waals surface area contributed by atoms with Gasteiger partial charge in [-0.2, -0.15) is 0 Å². The molecule has 7 nitrogen and oxygen atoms in total. The molecule has 1 aliphatic heterocycles. The molecule has 2 aliphatic rings. The summed E-state index contributed by atoms with van der Waals surface area (Å²) in [5.74, 6) is -1.61. The van der Waals surface area contributed by atoms with Crippen LogP contribution in [0.1, 0.15) is 41.7 Å². The molecule has 2 aromatic heterocycles. The number of hydrogen-bond acceptors (Lipinski definition) is 5. The Bertz CT molecular complexity index is 967. The van der Waals surface area contributed by atoms with Crippen molar-refractivity contribution in [3.63, 3.8) is 0 Å². The van der Waals surface area contributed by atoms with Crippen LogP contribution in [-0.2, 0) is 0 Å². The largest absolute Gasteiger partial charge is 0.477 e. The number of nitrogens with one attached hydrogen (secondary N) is 1.